The third-order valence-corrected chi connectivity index (χ3v) is 5.39. The summed E-state index contributed by atoms with van der Waals surface area (Å²) in [5, 5.41) is 3.49. The van der Waals surface area contributed by atoms with Gasteiger partial charge < -0.3 is 10.2 Å². The number of halogens is 1. The Bertz CT molecular complexity index is 771. The van der Waals surface area contributed by atoms with Crippen LogP contribution >= 0.6 is 11.6 Å². The normalized spacial score (nSPS) is 15.9. The Labute approximate surface area is 165 Å². The van der Waals surface area contributed by atoms with Crippen LogP contribution < -0.4 is 10.2 Å². The molecule has 1 N–H and O–H groups in total. The Morgan fingerprint density at radius 2 is 1.63 bits per heavy atom. The highest BCUT2D eigenvalue weighted by Gasteiger charge is 2.35. The van der Waals surface area contributed by atoms with Crippen molar-refractivity contribution in [1.82, 2.24) is 5.32 Å². The fraction of sp³-hybridized carbons (Fsp3) is 0.364. The Balaban J connectivity index is 1.90. The van der Waals surface area contributed by atoms with Crippen molar-refractivity contribution in [2.45, 2.75) is 44.2 Å². The molecule has 0 saturated heterocycles. The third kappa shape index (κ3) is 4.57. The van der Waals surface area contributed by atoms with Crippen molar-refractivity contribution in [3.05, 3.63) is 65.2 Å². The maximum absolute atomic E-state index is 13.5. The van der Waals surface area contributed by atoms with E-state index in [0.717, 1.165) is 31.4 Å². The minimum absolute atomic E-state index is 0.127. The second-order valence-electron chi connectivity index (χ2n) is 6.93. The molecule has 0 heterocycles. The van der Waals surface area contributed by atoms with Crippen LogP contribution in [0, 0.1) is 0 Å². The number of anilines is 1. The molecule has 5 heteroatoms. The molecule has 1 saturated carbocycles. The quantitative estimate of drug-likeness (QED) is 0.590. The monoisotopic (exact) mass is 384 g/mol. The second-order valence-corrected chi connectivity index (χ2v) is 7.36. The molecular weight excluding hydrogens is 360 g/mol. The Kier molecular flexibility index (Phi) is 6.64. The first-order valence-corrected chi connectivity index (χ1v) is 9.85. The van der Waals surface area contributed by atoms with Gasteiger partial charge in [0.05, 0.1) is 0 Å². The average molecular weight is 385 g/mol. The average Bonchev–Trinajstić information content (AvgIpc) is 2.71. The summed E-state index contributed by atoms with van der Waals surface area (Å²) in [6.45, 7) is 0. The van der Waals surface area contributed by atoms with Crippen LogP contribution in [0.4, 0.5) is 5.69 Å². The van der Waals surface area contributed by atoms with Crippen LogP contribution in [0.25, 0.3) is 0 Å². The number of nitrogens with one attached hydrogen (secondary N) is 1. The summed E-state index contributed by atoms with van der Waals surface area (Å²) in [6.07, 6.45) is 5.35. The van der Waals surface area contributed by atoms with Crippen LogP contribution in [0.5, 0.6) is 0 Å². The van der Waals surface area contributed by atoms with Gasteiger partial charge in [-0.1, -0.05) is 49.1 Å². The Hall–Kier alpha value is -2.17. The molecule has 0 radical (unpaired) electrons. The summed E-state index contributed by atoms with van der Waals surface area (Å²) < 4.78 is 0. The maximum Gasteiger partial charge on any atom is 0.252 e. The van der Waals surface area contributed by atoms with Gasteiger partial charge in [0.1, 0.15) is 0 Å². The van der Waals surface area contributed by atoms with Gasteiger partial charge in [-0.05, 0) is 56.3 Å². The lowest BCUT2D eigenvalue weighted by Gasteiger charge is -2.36. The molecule has 2 aromatic rings. The van der Waals surface area contributed by atoms with E-state index < -0.39 is 6.04 Å². The number of carbonyl (C=O) groups is 2. The zero-order chi connectivity index (χ0) is 19.2. The lowest BCUT2D eigenvalue weighted by molar-refractivity contribution is -0.120. The number of carbonyl (C=O) groups excluding carboxylic acids is 2. The molecule has 1 atom stereocenters. The number of benzene rings is 2. The minimum Gasteiger partial charge on any atom is -0.308 e. The van der Waals surface area contributed by atoms with Gasteiger partial charge in [-0.15, -0.1) is 0 Å². The van der Waals surface area contributed by atoms with E-state index in [1.165, 1.54) is 6.42 Å². The van der Waals surface area contributed by atoms with Gasteiger partial charge in [0.25, 0.3) is 5.91 Å². The molecule has 3 rings (SSSR count). The highest BCUT2D eigenvalue weighted by Crippen LogP contribution is 2.28. The van der Waals surface area contributed by atoms with E-state index in [1.54, 1.807) is 31.3 Å². The summed E-state index contributed by atoms with van der Waals surface area (Å²) in [5.41, 5.74) is 1.32. The van der Waals surface area contributed by atoms with Crippen LogP contribution in [0.1, 0.15) is 42.5 Å². The number of hydrogen-bond acceptors (Lipinski definition) is 3. The number of likely N-dealkylation sites (N-methyl/N-ethyl adjacent to an activating group) is 1. The molecular formula is C22H25ClN2O2. The van der Waals surface area contributed by atoms with E-state index in [-0.39, 0.29) is 17.7 Å². The van der Waals surface area contributed by atoms with E-state index in [0.29, 0.717) is 10.6 Å². The van der Waals surface area contributed by atoms with Gasteiger partial charge in [-0.2, -0.15) is 0 Å². The van der Waals surface area contributed by atoms with Crippen molar-refractivity contribution in [2.24, 2.45) is 0 Å². The number of Topliss-reactive ketones (excluding diaryl/α,β-unsaturated/α-hetero) is 1. The second kappa shape index (κ2) is 9.16. The Morgan fingerprint density at radius 1 is 1.00 bits per heavy atom. The van der Waals surface area contributed by atoms with Crippen molar-refractivity contribution in [3.63, 3.8) is 0 Å². The van der Waals surface area contributed by atoms with Crippen molar-refractivity contribution < 1.29 is 9.59 Å². The maximum atomic E-state index is 13.5. The van der Waals surface area contributed by atoms with E-state index in [2.05, 4.69) is 5.32 Å². The molecule has 1 aliphatic carbocycles. The molecule has 27 heavy (non-hydrogen) atoms. The van der Waals surface area contributed by atoms with Crippen molar-refractivity contribution in [3.8, 4) is 0 Å². The highest BCUT2D eigenvalue weighted by molar-refractivity contribution is 6.30. The zero-order valence-corrected chi connectivity index (χ0v) is 16.3. The first-order valence-electron chi connectivity index (χ1n) is 9.47. The van der Waals surface area contributed by atoms with Crippen LogP contribution in [0.15, 0.2) is 54.6 Å². The number of ketones is 1. The molecule has 0 aromatic heterocycles. The fourth-order valence-corrected chi connectivity index (χ4v) is 3.86. The van der Waals surface area contributed by atoms with E-state index in [1.807, 2.05) is 35.2 Å². The zero-order valence-electron chi connectivity index (χ0n) is 15.5. The molecule has 0 spiro atoms. The van der Waals surface area contributed by atoms with Crippen LogP contribution in [-0.4, -0.2) is 30.8 Å². The largest absolute Gasteiger partial charge is 0.308 e. The standard InChI is InChI=1S/C22H25ClN2O2/c1-24-20(21(26)16-12-14-17(23)15-13-16)22(27)25(18-8-4-2-5-9-18)19-10-6-3-7-11-19/h2,4-5,8-9,12-15,19-20,24H,3,6-7,10-11H2,1H3. The van der Waals surface area contributed by atoms with Gasteiger partial charge in [0.15, 0.2) is 11.8 Å². The molecule has 1 fully saturated rings. The van der Waals surface area contributed by atoms with Crippen molar-refractivity contribution in [1.29, 1.82) is 0 Å². The third-order valence-electron chi connectivity index (χ3n) is 5.14. The van der Waals surface area contributed by atoms with E-state index in [4.69, 9.17) is 11.6 Å². The fourth-order valence-electron chi connectivity index (χ4n) is 3.73. The predicted octanol–water partition coefficient (Wildman–Crippen LogP) is 4.48. The molecule has 1 amide bonds. The molecule has 2 aromatic carbocycles. The number of rotatable bonds is 6. The summed E-state index contributed by atoms with van der Waals surface area (Å²) >= 11 is 5.92. The van der Waals surface area contributed by atoms with E-state index >= 15 is 0 Å². The Morgan fingerprint density at radius 3 is 2.22 bits per heavy atom. The lowest BCUT2D eigenvalue weighted by Crippen LogP contribution is -2.53. The number of para-hydroxylation sites is 1. The first kappa shape index (κ1) is 19.6. The van der Waals surface area contributed by atoms with Gasteiger partial charge in [0, 0.05) is 22.3 Å². The van der Waals surface area contributed by atoms with Crippen LogP contribution in [0.3, 0.4) is 0 Å². The summed E-state index contributed by atoms with van der Waals surface area (Å²) in [5.74, 6) is -0.438. The van der Waals surface area contributed by atoms with E-state index in [9.17, 15) is 9.59 Å². The topological polar surface area (TPSA) is 49.4 Å². The molecule has 1 unspecified atom stereocenters. The van der Waals surface area contributed by atoms with Gasteiger partial charge in [-0.25, -0.2) is 0 Å². The lowest BCUT2D eigenvalue weighted by atomic mass is 9.92. The van der Waals surface area contributed by atoms with Gasteiger partial charge >= 0.3 is 0 Å². The number of nitrogens with zero attached hydrogens (tertiary/aromatic N) is 1. The predicted molar refractivity (Wildman–Crippen MR) is 109 cm³/mol. The smallest absolute Gasteiger partial charge is 0.252 e. The van der Waals surface area contributed by atoms with Crippen molar-refractivity contribution >= 4 is 29.0 Å². The van der Waals surface area contributed by atoms with Gasteiger partial charge in [0.2, 0.25) is 0 Å². The molecule has 4 nitrogen and oxygen atoms in total. The SMILES string of the molecule is CNC(C(=O)c1ccc(Cl)cc1)C(=O)N(c1ccccc1)C1CCCCC1. The van der Waals surface area contributed by atoms with Gasteiger partial charge in [-0.3, -0.25) is 9.59 Å². The molecule has 0 bridgehead atoms. The molecule has 1 aliphatic rings. The number of hydrogen-bond donors (Lipinski definition) is 1. The first-order chi connectivity index (χ1) is 13.1. The molecule has 0 aliphatic heterocycles. The summed E-state index contributed by atoms with van der Waals surface area (Å²) in [4.78, 5) is 28.3. The van der Waals surface area contributed by atoms with Crippen LogP contribution in [0.2, 0.25) is 5.02 Å². The summed E-state index contributed by atoms with van der Waals surface area (Å²) in [7, 11) is 1.65. The van der Waals surface area contributed by atoms with Crippen molar-refractivity contribution in [2.75, 3.05) is 11.9 Å². The summed E-state index contributed by atoms with van der Waals surface area (Å²) in [6, 6.07) is 15.5. The highest BCUT2D eigenvalue weighted by atomic mass is 35.5. The van der Waals surface area contributed by atoms with Crippen LogP contribution in [-0.2, 0) is 4.79 Å². The minimum atomic E-state index is -0.923. The molecule has 142 valence electrons. The number of amides is 1.